The van der Waals surface area contributed by atoms with Gasteiger partial charge < -0.3 is 10.5 Å². The highest BCUT2D eigenvalue weighted by atomic mass is 32.2. The zero-order valence-corrected chi connectivity index (χ0v) is 9.47. The number of esters is 1. The van der Waals surface area contributed by atoms with E-state index in [1.54, 1.807) is 24.5 Å². The maximum absolute atomic E-state index is 11.4. The molecule has 0 aliphatic carbocycles. The average Bonchev–Trinajstić information content (AvgIpc) is 2.16. The van der Waals surface area contributed by atoms with Crippen LogP contribution in [0.3, 0.4) is 0 Å². The topological polar surface area (TPSA) is 69.4 Å². The van der Waals surface area contributed by atoms with Crippen LogP contribution in [-0.2, 0) is 21.3 Å². The van der Waals surface area contributed by atoms with Gasteiger partial charge in [0.25, 0.3) is 0 Å². The van der Waals surface area contributed by atoms with Crippen LogP contribution >= 0.6 is 0 Å². The lowest BCUT2D eigenvalue weighted by molar-refractivity contribution is 0.0601. The first-order valence-corrected chi connectivity index (χ1v) is 6.04. The van der Waals surface area contributed by atoms with Gasteiger partial charge in [0.1, 0.15) is 0 Å². The minimum absolute atomic E-state index is 0.301. The van der Waals surface area contributed by atoms with E-state index >= 15 is 0 Å². The summed E-state index contributed by atoms with van der Waals surface area (Å²) in [5.41, 5.74) is 7.00. The molecule has 15 heavy (non-hydrogen) atoms. The van der Waals surface area contributed by atoms with E-state index in [1.807, 2.05) is 0 Å². The molecule has 0 aromatic heterocycles. The van der Waals surface area contributed by atoms with Crippen LogP contribution in [0.15, 0.2) is 18.2 Å². The van der Waals surface area contributed by atoms with E-state index in [0.717, 1.165) is 0 Å². The van der Waals surface area contributed by atoms with Gasteiger partial charge in [-0.2, -0.15) is 0 Å². The quantitative estimate of drug-likeness (QED) is 0.616. The summed E-state index contributed by atoms with van der Waals surface area (Å²) < 4.78 is 15.7. The third kappa shape index (κ3) is 2.79. The van der Waals surface area contributed by atoms with Gasteiger partial charge in [-0.15, -0.1) is 0 Å². The van der Waals surface area contributed by atoms with E-state index in [2.05, 4.69) is 4.74 Å². The summed E-state index contributed by atoms with van der Waals surface area (Å²) in [4.78, 5) is 11.4. The van der Waals surface area contributed by atoms with Crippen LogP contribution in [0.5, 0.6) is 0 Å². The highest BCUT2D eigenvalue weighted by Crippen LogP contribution is 2.19. The van der Waals surface area contributed by atoms with Crippen molar-refractivity contribution in [1.82, 2.24) is 0 Å². The maximum atomic E-state index is 11.4. The van der Waals surface area contributed by atoms with Gasteiger partial charge in [-0.1, -0.05) is 12.1 Å². The van der Waals surface area contributed by atoms with E-state index in [9.17, 15) is 9.00 Å². The Morgan fingerprint density at radius 1 is 1.53 bits per heavy atom. The minimum Gasteiger partial charge on any atom is -0.465 e. The number of carbonyl (C=O) groups is 1. The van der Waals surface area contributed by atoms with Crippen molar-refractivity contribution in [3.8, 4) is 0 Å². The molecule has 5 heteroatoms. The molecule has 1 aromatic rings. The number of rotatable bonds is 3. The monoisotopic (exact) mass is 227 g/mol. The summed E-state index contributed by atoms with van der Waals surface area (Å²) in [6, 6.07) is 5.07. The molecule has 1 aromatic carbocycles. The van der Waals surface area contributed by atoms with Crippen LogP contribution in [0.25, 0.3) is 0 Å². The summed E-state index contributed by atoms with van der Waals surface area (Å²) >= 11 is 0. The van der Waals surface area contributed by atoms with Gasteiger partial charge in [-0.25, -0.2) is 4.79 Å². The fourth-order valence-corrected chi connectivity index (χ4v) is 1.99. The molecule has 0 heterocycles. The highest BCUT2D eigenvalue weighted by Gasteiger charge is 2.15. The summed E-state index contributed by atoms with van der Waals surface area (Å²) in [5.74, 6) is -0.191. The van der Waals surface area contributed by atoms with Gasteiger partial charge in [0, 0.05) is 28.5 Å². The van der Waals surface area contributed by atoms with Crippen LogP contribution in [0.1, 0.15) is 15.9 Å². The molecule has 4 nitrogen and oxygen atoms in total. The molecular weight excluding hydrogens is 214 g/mol. The van der Waals surface area contributed by atoms with Gasteiger partial charge >= 0.3 is 5.97 Å². The number of benzene rings is 1. The van der Waals surface area contributed by atoms with Crippen LogP contribution in [0.2, 0.25) is 0 Å². The zero-order valence-electron chi connectivity index (χ0n) is 8.65. The molecule has 0 radical (unpaired) electrons. The Morgan fingerprint density at radius 3 is 2.73 bits per heavy atom. The van der Waals surface area contributed by atoms with E-state index in [0.29, 0.717) is 22.6 Å². The molecule has 82 valence electrons. The molecule has 0 aliphatic heterocycles. The predicted molar refractivity (Wildman–Crippen MR) is 60.0 cm³/mol. The zero-order chi connectivity index (χ0) is 11.4. The van der Waals surface area contributed by atoms with Crippen molar-refractivity contribution in [3.63, 3.8) is 0 Å². The number of hydrogen-bond acceptors (Lipinski definition) is 4. The number of anilines is 1. The molecule has 0 spiro atoms. The van der Waals surface area contributed by atoms with Gasteiger partial charge in [0.05, 0.1) is 12.7 Å². The van der Waals surface area contributed by atoms with Crippen LogP contribution in [-0.4, -0.2) is 23.5 Å². The average molecular weight is 227 g/mol. The second-order valence-electron chi connectivity index (χ2n) is 3.09. The van der Waals surface area contributed by atoms with Gasteiger partial charge in [-0.3, -0.25) is 4.21 Å². The normalized spacial score (nSPS) is 12.1. The summed E-state index contributed by atoms with van der Waals surface area (Å²) in [6.07, 6.45) is 1.57. The van der Waals surface area contributed by atoms with Crippen molar-refractivity contribution in [2.75, 3.05) is 19.1 Å². The second-order valence-corrected chi connectivity index (χ2v) is 4.53. The Balaban J connectivity index is 3.20. The van der Waals surface area contributed by atoms with Crippen molar-refractivity contribution in [3.05, 3.63) is 29.3 Å². The highest BCUT2D eigenvalue weighted by molar-refractivity contribution is 7.83. The molecule has 0 saturated carbocycles. The molecule has 0 saturated heterocycles. The van der Waals surface area contributed by atoms with E-state index in [1.165, 1.54) is 7.11 Å². The Labute approximate surface area is 90.9 Å². The first kappa shape index (κ1) is 11.7. The lowest BCUT2D eigenvalue weighted by Crippen LogP contribution is -2.10. The number of nitrogens with two attached hydrogens (primary N) is 1. The SMILES string of the molecule is COC(=O)c1c(N)cccc1CS(C)=O. The lowest BCUT2D eigenvalue weighted by Gasteiger charge is -2.08. The van der Waals surface area contributed by atoms with Crippen molar-refractivity contribution in [2.24, 2.45) is 0 Å². The Morgan fingerprint density at radius 2 is 2.20 bits per heavy atom. The standard InChI is InChI=1S/C10H13NO3S/c1-14-10(12)9-7(6-15(2)13)4-3-5-8(9)11/h3-5H,6,11H2,1-2H3. The number of hydrogen-bond donors (Lipinski definition) is 1. The lowest BCUT2D eigenvalue weighted by atomic mass is 10.1. The van der Waals surface area contributed by atoms with Crippen molar-refractivity contribution in [1.29, 1.82) is 0 Å². The molecule has 0 fully saturated rings. The van der Waals surface area contributed by atoms with Crippen LogP contribution < -0.4 is 5.73 Å². The van der Waals surface area contributed by atoms with E-state index in [-0.39, 0.29) is 0 Å². The van der Waals surface area contributed by atoms with Crippen molar-refractivity contribution >= 4 is 22.5 Å². The minimum atomic E-state index is -1.02. The number of ether oxygens (including phenoxy) is 1. The van der Waals surface area contributed by atoms with Gasteiger partial charge in [-0.05, 0) is 11.6 Å². The molecule has 0 amide bonds. The predicted octanol–water partition coefficient (Wildman–Crippen LogP) is 0.934. The fraction of sp³-hybridized carbons (Fsp3) is 0.300. The fourth-order valence-electron chi connectivity index (χ4n) is 1.31. The molecule has 2 N–H and O–H groups in total. The largest absolute Gasteiger partial charge is 0.465 e. The summed E-state index contributed by atoms with van der Waals surface area (Å²) in [6.45, 7) is 0. The third-order valence-electron chi connectivity index (χ3n) is 1.93. The smallest absolute Gasteiger partial charge is 0.340 e. The molecule has 0 aliphatic rings. The Hall–Kier alpha value is -1.36. The number of carbonyl (C=O) groups excluding carboxylic acids is 1. The van der Waals surface area contributed by atoms with Crippen molar-refractivity contribution < 1.29 is 13.7 Å². The van der Waals surface area contributed by atoms with E-state index in [4.69, 9.17) is 5.73 Å². The molecular formula is C10H13NO3S. The third-order valence-corrected chi connectivity index (χ3v) is 2.65. The van der Waals surface area contributed by atoms with E-state index < -0.39 is 16.8 Å². The maximum Gasteiger partial charge on any atom is 0.340 e. The van der Waals surface area contributed by atoms with Gasteiger partial charge in [0.2, 0.25) is 0 Å². The van der Waals surface area contributed by atoms with Crippen LogP contribution in [0, 0.1) is 0 Å². The first-order valence-electron chi connectivity index (χ1n) is 4.32. The van der Waals surface area contributed by atoms with Gasteiger partial charge in [0.15, 0.2) is 0 Å². The Kier molecular flexibility index (Phi) is 3.85. The molecule has 1 atom stereocenters. The number of methoxy groups -OCH3 is 1. The Bertz CT molecular complexity index is 404. The van der Waals surface area contributed by atoms with Crippen molar-refractivity contribution in [2.45, 2.75) is 5.75 Å². The van der Waals surface area contributed by atoms with Crippen LogP contribution in [0.4, 0.5) is 5.69 Å². The molecule has 0 bridgehead atoms. The molecule has 1 unspecified atom stereocenters. The molecule has 1 rings (SSSR count). The second kappa shape index (κ2) is 4.93. The summed E-state index contributed by atoms with van der Waals surface area (Å²) in [7, 11) is 0.276. The summed E-state index contributed by atoms with van der Waals surface area (Å²) in [5, 5.41) is 0. The first-order chi connectivity index (χ1) is 7.06. The number of nitrogen functional groups attached to an aromatic ring is 1.